The molecule has 4 nitrogen and oxygen atoms in total. The van der Waals surface area contributed by atoms with Crippen molar-refractivity contribution in [2.75, 3.05) is 13.2 Å². The Bertz CT molecular complexity index is 416. The normalized spacial score (nSPS) is 18.2. The topological polar surface area (TPSA) is 58.6 Å². The van der Waals surface area contributed by atoms with Crippen LogP contribution >= 0.6 is 0 Å². The molecule has 1 aliphatic heterocycles. The highest BCUT2D eigenvalue weighted by molar-refractivity contribution is 5.82. The number of aliphatic hydroxyl groups is 1. The molecular weight excluding hydrogens is 254 g/mol. The van der Waals surface area contributed by atoms with Gasteiger partial charge in [-0.1, -0.05) is 31.5 Å². The summed E-state index contributed by atoms with van der Waals surface area (Å²) in [5.74, 6) is 1.10. The van der Waals surface area contributed by atoms with Gasteiger partial charge in [0.25, 0.3) is 5.91 Å². The zero-order valence-corrected chi connectivity index (χ0v) is 12.0. The minimum Gasteiger partial charge on any atom is -0.480 e. The average Bonchev–Trinajstić information content (AvgIpc) is 2.89. The number of hydrogen-bond acceptors (Lipinski definition) is 3. The molecule has 20 heavy (non-hydrogen) atoms. The molecule has 0 spiro atoms. The van der Waals surface area contributed by atoms with Gasteiger partial charge in [0.05, 0.1) is 0 Å². The molecule has 0 saturated heterocycles. The summed E-state index contributed by atoms with van der Waals surface area (Å²) in [6, 6.07) is 7.77. The average molecular weight is 277 g/mol. The third-order valence-electron chi connectivity index (χ3n) is 3.74. The van der Waals surface area contributed by atoms with Gasteiger partial charge < -0.3 is 15.2 Å². The molecular formula is C16H23NO3. The third kappa shape index (κ3) is 3.73. The number of carbonyl (C=O) groups excluding carboxylic acids is 1. The Labute approximate surface area is 120 Å². The van der Waals surface area contributed by atoms with Crippen LogP contribution in [0.2, 0.25) is 0 Å². The fourth-order valence-electron chi connectivity index (χ4n) is 2.63. The van der Waals surface area contributed by atoms with Crippen LogP contribution in [-0.2, 0) is 11.2 Å². The Balaban J connectivity index is 1.81. The lowest BCUT2D eigenvalue weighted by Gasteiger charge is -2.17. The first-order valence-corrected chi connectivity index (χ1v) is 7.37. The number of hydrogen-bond donors (Lipinski definition) is 2. The van der Waals surface area contributed by atoms with Gasteiger partial charge in [0, 0.05) is 19.6 Å². The Morgan fingerprint density at radius 1 is 1.45 bits per heavy atom. The quantitative estimate of drug-likeness (QED) is 0.800. The summed E-state index contributed by atoms with van der Waals surface area (Å²) in [6.45, 7) is 2.90. The summed E-state index contributed by atoms with van der Waals surface area (Å²) in [5.41, 5.74) is 1.09. The largest absolute Gasteiger partial charge is 0.480 e. The van der Waals surface area contributed by atoms with Gasteiger partial charge >= 0.3 is 0 Å². The van der Waals surface area contributed by atoms with E-state index in [2.05, 4.69) is 12.2 Å². The summed E-state index contributed by atoms with van der Waals surface area (Å²) in [4.78, 5) is 12.1. The Hall–Kier alpha value is -1.55. The number of carbonyl (C=O) groups is 1. The van der Waals surface area contributed by atoms with Gasteiger partial charge in [-0.15, -0.1) is 0 Å². The summed E-state index contributed by atoms with van der Waals surface area (Å²) in [5, 5.41) is 12.0. The fraction of sp³-hybridized carbons (Fsp3) is 0.562. The lowest BCUT2D eigenvalue weighted by atomic mass is 10.00. The van der Waals surface area contributed by atoms with Crippen LogP contribution in [0.25, 0.3) is 0 Å². The molecule has 0 bridgehead atoms. The zero-order chi connectivity index (χ0) is 14.4. The molecule has 2 unspecified atom stereocenters. The fourth-order valence-corrected chi connectivity index (χ4v) is 2.63. The first kappa shape index (κ1) is 14.9. The molecule has 1 aliphatic rings. The number of ether oxygens (including phenoxy) is 1. The van der Waals surface area contributed by atoms with E-state index in [1.54, 1.807) is 0 Å². The maximum atomic E-state index is 12.1. The number of para-hydroxylation sites is 1. The van der Waals surface area contributed by atoms with Crippen molar-refractivity contribution >= 4 is 5.91 Å². The van der Waals surface area contributed by atoms with Crippen LogP contribution in [0.5, 0.6) is 5.75 Å². The van der Waals surface area contributed by atoms with Gasteiger partial charge in [-0.3, -0.25) is 4.79 Å². The summed E-state index contributed by atoms with van der Waals surface area (Å²) < 4.78 is 5.66. The zero-order valence-electron chi connectivity index (χ0n) is 12.0. The van der Waals surface area contributed by atoms with Crippen LogP contribution < -0.4 is 10.1 Å². The maximum Gasteiger partial charge on any atom is 0.261 e. The molecule has 0 fully saturated rings. The summed E-state index contributed by atoms with van der Waals surface area (Å²) in [6.07, 6.45) is 3.04. The van der Waals surface area contributed by atoms with Crippen LogP contribution in [0, 0.1) is 5.92 Å². The molecule has 0 saturated carbocycles. The summed E-state index contributed by atoms with van der Waals surface area (Å²) in [7, 11) is 0. The lowest BCUT2D eigenvalue weighted by Crippen LogP contribution is -2.40. The SMILES string of the molecule is CCCC(CCO)CNC(=O)C1Cc2ccccc2O1. The van der Waals surface area contributed by atoms with Crippen molar-refractivity contribution in [1.82, 2.24) is 5.32 Å². The molecule has 0 radical (unpaired) electrons. The highest BCUT2D eigenvalue weighted by Crippen LogP contribution is 2.28. The maximum absolute atomic E-state index is 12.1. The Morgan fingerprint density at radius 3 is 2.95 bits per heavy atom. The molecule has 110 valence electrons. The molecule has 2 atom stereocenters. The lowest BCUT2D eigenvalue weighted by molar-refractivity contribution is -0.127. The van der Waals surface area contributed by atoms with Crippen LogP contribution in [0.15, 0.2) is 24.3 Å². The molecule has 2 rings (SSSR count). The molecule has 0 aliphatic carbocycles. The van der Waals surface area contributed by atoms with E-state index >= 15 is 0 Å². The van der Waals surface area contributed by atoms with Crippen molar-refractivity contribution in [2.45, 2.75) is 38.7 Å². The van der Waals surface area contributed by atoms with Gasteiger partial charge in [0.1, 0.15) is 5.75 Å². The van der Waals surface area contributed by atoms with Crippen LogP contribution in [0.3, 0.4) is 0 Å². The number of rotatable bonds is 7. The third-order valence-corrected chi connectivity index (χ3v) is 3.74. The van der Waals surface area contributed by atoms with Crippen molar-refractivity contribution < 1.29 is 14.6 Å². The highest BCUT2D eigenvalue weighted by Gasteiger charge is 2.28. The van der Waals surface area contributed by atoms with E-state index in [-0.39, 0.29) is 12.5 Å². The van der Waals surface area contributed by atoms with Crippen molar-refractivity contribution in [3.8, 4) is 5.75 Å². The predicted molar refractivity (Wildman–Crippen MR) is 77.7 cm³/mol. The van der Waals surface area contributed by atoms with Gasteiger partial charge in [0.2, 0.25) is 0 Å². The molecule has 1 heterocycles. The van der Waals surface area contributed by atoms with E-state index in [1.165, 1.54) is 0 Å². The Morgan fingerprint density at radius 2 is 2.25 bits per heavy atom. The molecule has 2 N–H and O–H groups in total. The van der Waals surface area contributed by atoms with Crippen LogP contribution in [-0.4, -0.2) is 30.3 Å². The highest BCUT2D eigenvalue weighted by atomic mass is 16.5. The van der Waals surface area contributed by atoms with Crippen LogP contribution in [0.4, 0.5) is 0 Å². The van der Waals surface area contributed by atoms with E-state index in [0.29, 0.717) is 18.9 Å². The van der Waals surface area contributed by atoms with Gasteiger partial charge in [-0.2, -0.15) is 0 Å². The summed E-state index contributed by atoms with van der Waals surface area (Å²) >= 11 is 0. The van der Waals surface area contributed by atoms with E-state index in [0.717, 1.165) is 30.6 Å². The van der Waals surface area contributed by atoms with Crippen LogP contribution in [0.1, 0.15) is 31.7 Å². The minimum absolute atomic E-state index is 0.0553. The standard InChI is InChI=1S/C16H23NO3/c1-2-5-12(8-9-18)11-17-16(19)15-10-13-6-3-4-7-14(13)20-15/h3-4,6-7,12,15,18H,2,5,8-11H2,1H3,(H,17,19). The van der Waals surface area contributed by atoms with E-state index < -0.39 is 6.10 Å². The van der Waals surface area contributed by atoms with E-state index in [1.807, 2.05) is 24.3 Å². The molecule has 1 aromatic carbocycles. The smallest absolute Gasteiger partial charge is 0.261 e. The second kappa shape index (κ2) is 7.29. The predicted octanol–water partition coefficient (Wildman–Crippen LogP) is 1.90. The molecule has 1 amide bonds. The number of benzene rings is 1. The number of fused-ring (bicyclic) bond motifs is 1. The molecule has 1 aromatic rings. The second-order valence-corrected chi connectivity index (χ2v) is 5.33. The van der Waals surface area contributed by atoms with E-state index in [9.17, 15) is 4.79 Å². The number of nitrogens with one attached hydrogen (secondary N) is 1. The molecule has 0 aromatic heterocycles. The minimum atomic E-state index is -0.413. The van der Waals surface area contributed by atoms with Gasteiger partial charge in [-0.05, 0) is 30.4 Å². The van der Waals surface area contributed by atoms with Crippen molar-refractivity contribution in [1.29, 1.82) is 0 Å². The van der Waals surface area contributed by atoms with Crippen molar-refractivity contribution in [3.05, 3.63) is 29.8 Å². The first-order chi connectivity index (χ1) is 9.74. The number of aliphatic hydroxyl groups excluding tert-OH is 1. The first-order valence-electron chi connectivity index (χ1n) is 7.37. The monoisotopic (exact) mass is 277 g/mol. The number of amides is 1. The van der Waals surface area contributed by atoms with Gasteiger partial charge in [-0.25, -0.2) is 0 Å². The van der Waals surface area contributed by atoms with Crippen molar-refractivity contribution in [3.63, 3.8) is 0 Å². The Kier molecular flexibility index (Phi) is 5.41. The van der Waals surface area contributed by atoms with Gasteiger partial charge in [0.15, 0.2) is 6.10 Å². The second-order valence-electron chi connectivity index (χ2n) is 5.33. The van der Waals surface area contributed by atoms with Crippen molar-refractivity contribution in [2.24, 2.45) is 5.92 Å². The molecule has 4 heteroatoms. The van der Waals surface area contributed by atoms with E-state index in [4.69, 9.17) is 9.84 Å².